The molecule has 0 aromatic rings. The van der Waals surface area contributed by atoms with Crippen molar-refractivity contribution >= 4 is 5.91 Å². The number of methoxy groups -OCH3 is 5. The highest BCUT2D eigenvalue weighted by Gasteiger charge is 2.44. The van der Waals surface area contributed by atoms with Crippen molar-refractivity contribution in [2.24, 2.45) is 5.92 Å². The molecule has 4 fully saturated rings. The smallest absolute Gasteiger partial charge is 0.220 e. The molecule has 1 saturated heterocycles. The van der Waals surface area contributed by atoms with Crippen LogP contribution in [0.3, 0.4) is 0 Å². The third-order valence-electron chi connectivity index (χ3n) is 13.4. The molecule has 0 bridgehead atoms. The van der Waals surface area contributed by atoms with Crippen LogP contribution in [0.5, 0.6) is 0 Å². The zero-order valence-corrected chi connectivity index (χ0v) is 46.2. The van der Waals surface area contributed by atoms with Crippen molar-refractivity contribution in [1.29, 1.82) is 0 Å². The highest BCUT2D eigenvalue weighted by atomic mass is 16.7. The lowest BCUT2D eigenvalue weighted by Crippen LogP contribution is -2.58. The number of aliphatic hydroxyl groups is 18. The van der Waals surface area contributed by atoms with Gasteiger partial charge in [-0.05, 0) is 70.1 Å². The van der Waals surface area contributed by atoms with E-state index in [1.54, 1.807) is 0 Å². The van der Waals surface area contributed by atoms with E-state index in [1.165, 1.54) is 35.5 Å². The number of ether oxygens (including phenoxy) is 6. The summed E-state index contributed by atoms with van der Waals surface area (Å²) in [6.07, 6.45) is -9.65. The Kier molecular flexibility index (Phi) is 43.6. The SMILES string of the molecule is CCCCC(=O)N[C@@H](CC(C)C)[C@H](O)[C@H](O)CC.COC[C@H](O)[C@@H](O)CO.CO[C@H]1CCCC[C@H](O)[C@H](O)[C@H]1O.CO[C@H]1CCC[C@H](O)[C@H](O)[C@H]1O.CO[C@H]1CC[C@H](O)[C@H](O)[C@H]1O.CO[C@H]1O[C@H](CO)[C@H](O)[C@H](O)[C@H]1O. The zero-order valence-electron chi connectivity index (χ0n) is 46.2. The van der Waals surface area contributed by atoms with E-state index in [9.17, 15) is 66.1 Å². The maximum atomic E-state index is 11.7. The summed E-state index contributed by atoms with van der Waals surface area (Å²) in [4.78, 5) is 11.7. The lowest BCUT2D eigenvalue weighted by atomic mass is 9.90. The van der Waals surface area contributed by atoms with Crippen molar-refractivity contribution in [3.8, 4) is 0 Å². The van der Waals surface area contributed by atoms with Crippen LogP contribution in [-0.2, 0) is 33.2 Å². The molecular weight excluding hydrogens is 1010 g/mol. The minimum atomic E-state index is -1.36. The first-order chi connectivity index (χ1) is 35.7. The second kappa shape index (κ2) is 43.3. The van der Waals surface area contributed by atoms with Crippen LogP contribution in [0, 0.1) is 5.92 Å². The van der Waals surface area contributed by atoms with E-state index in [0.29, 0.717) is 57.3 Å². The number of hydrogen-bond acceptors (Lipinski definition) is 25. The van der Waals surface area contributed by atoms with Gasteiger partial charge in [0.25, 0.3) is 0 Å². The summed E-state index contributed by atoms with van der Waals surface area (Å²) in [5.41, 5.74) is 0. The van der Waals surface area contributed by atoms with Crippen molar-refractivity contribution in [2.45, 2.75) is 252 Å². The minimum Gasteiger partial charge on any atom is -0.394 e. The molecule has 1 aliphatic heterocycles. The van der Waals surface area contributed by atoms with Gasteiger partial charge < -0.3 is 126 Å². The normalized spacial score (nSPS) is 34.7. The molecule has 0 spiro atoms. The van der Waals surface area contributed by atoms with Crippen molar-refractivity contribution in [3.63, 3.8) is 0 Å². The van der Waals surface area contributed by atoms with Crippen LogP contribution in [0.4, 0.5) is 0 Å². The third kappa shape index (κ3) is 28.8. The third-order valence-corrected chi connectivity index (χ3v) is 13.4. The number of unbranched alkanes of at least 4 members (excludes halogenated alkanes) is 1. The van der Waals surface area contributed by atoms with E-state index in [2.05, 4.69) is 10.1 Å². The summed E-state index contributed by atoms with van der Waals surface area (Å²) in [5.74, 6) is 0.324. The minimum absolute atomic E-state index is 0.0372. The highest BCUT2D eigenvalue weighted by molar-refractivity contribution is 5.76. The summed E-state index contributed by atoms with van der Waals surface area (Å²) in [5, 5.41) is 169. The van der Waals surface area contributed by atoms with Gasteiger partial charge in [0.2, 0.25) is 5.91 Å². The Morgan fingerprint density at radius 3 is 1.43 bits per heavy atom. The largest absolute Gasteiger partial charge is 0.394 e. The topological polar surface area (TPSA) is 449 Å². The molecule has 22 atom stereocenters. The number of carbonyl (C=O) groups excluding carboxylic acids is 1. The average molecular weight is 1120 g/mol. The van der Waals surface area contributed by atoms with Gasteiger partial charge in [0.15, 0.2) is 6.29 Å². The average Bonchev–Trinajstić information content (AvgIpc) is 3.53. The van der Waals surface area contributed by atoms with Gasteiger partial charge in [-0.15, -0.1) is 0 Å². The van der Waals surface area contributed by atoms with E-state index in [0.717, 1.165) is 38.5 Å². The van der Waals surface area contributed by atoms with Gasteiger partial charge in [-0.2, -0.15) is 0 Å². The molecule has 3 aliphatic carbocycles. The first-order valence-electron chi connectivity index (χ1n) is 26.4. The summed E-state index contributed by atoms with van der Waals surface area (Å²) in [7, 11) is 7.20. The van der Waals surface area contributed by atoms with Crippen molar-refractivity contribution in [1.82, 2.24) is 5.32 Å². The van der Waals surface area contributed by atoms with Gasteiger partial charge in [0.1, 0.15) is 73.2 Å². The number of rotatable bonds is 18. The number of amides is 1. The summed E-state index contributed by atoms with van der Waals surface area (Å²) < 4.78 is 29.1. The maximum Gasteiger partial charge on any atom is 0.220 e. The number of hydrogen-bond donors (Lipinski definition) is 19. The van der Waals surface area contributed by atoms with Gasteiger partial charge in [-0.25, -0.2) is 0 Å². The van der Waals surface area contributed by atoms with E-state index < -0.39 is 123 Å². The Morgan fingerprint density at radius 1 is 0.553 bits per heavy atom. The van der Waals surface area contributed by atoms with E-state index >= 15 is 0 Å². The van der Waals surface area contributed by atoms with Crippen LogP contribution >= 0.6 is 0 Å². The molecule has 0 unspecified atom stereocenters. The molecule has 0 radical (unpaired) electrons. The molecule has 26 nitrogen and oxygen atoms in total. The van der Waals surface area contributed by atoms with Crippen LogP contribution in [0.2, 0.25) is 0 Å². The summed E-state index contributed by atoms with van der Waals surface area (Å²) >= 11 is 0. The Bertz CT molecular complexity index is 1350. The quantitative estimate of drug-likeness (QED) is 0.0575. The molecule has 1 heterocycles. The first-order valence-corrected chi connectivity index (χ1v) is 26.4. The predicted molar refractivity (Wildman–Crippen MR) is 273 cm³/mol. The predicted octanol–water partition coefficient (Wildman–Crippen LogP) is -4.58. The van der Waals surface area contributed by atoms with Gasteiger partial charge in [0, 0.05) is 42.0 Å². The molecule has 19 N–H and O–H groups in total. The highest BCUT2D eigenvalue weighted by Crippen LogP contribution is 2.24. The fourth-order valence-corrected chi connectivity index (χ4v) is 8.28. The Hall–Kier alpha value is -1.49. The molecule has 26 heteroatoms. The molecule has 3 saturated carbocycles. The summed E-state index contributed by atoms with van der Waals surface area (Å²) in [6, 6.07) is -0.357. The lowest BCUT2D eigenvalue weighted by molar-refractivity contribution is -0.294. The number of aliphatic hydroxyl groups excluding tert-OH is 18. The maximum absolute atomic E-state index is 11.7. The van der Waals surface area contributed by atoms with Crippen molar-refractivity contribution < 1.29 is 125 Å². The van der Waals surface area contributed by atoms with Gasteiger partial charge in [0.05, 0.1) is 74.7 Å². The zero-order chi connectivity index (χ0) is 58.8. The molecule has 458 valence electrons. The first kappa shape index (κ1) is 76.6. The van der Waals surface area contributed by atoms with Crippen molar-refractivity contribution in [2.75, 3.05) is 55.4 Å². The van der Waals surface area contributed by atoms with Gasteiger partial charge in [-0.3, -0.25) is 4.79 Å². The molecule has 4 rings (SSSR count). The molecule has 76 heavy (non-hydrogen) atoms. The second-order valence-electron chi connectivity index (χ2n) is 19.8. The Morgan fingerprint density at radius 2 is 1.01 bits per heavy atom. The molecule has 1 amide bonds. The lowest BCUT2D eigenvalue weighted by Gasteiger charge is -2.38. The standard InChI is InChI=1S/C14H29NO3.C9H18O4.C8H16O4.C7H14O6.C7H14O4.C5H12O4/c1-5-7-8-13(17)15-11(9-10(3)4)14(18)12(16)6-2;1-13-7-5-3-2-4-6(10)8(11)9(7)12;1-12-6-4-2-3-5(9)7(10)8(6)11;1-12-7-6(11)5(10)4(9)3(2-8)13-7;1-11-5-3-2-4(8)6(9)7(5)10;1-9-3-5(8)4(7)2-6/h10-12,14,16,18H,5-9H2,1-4H3,(H,15,17);6-12H,2-5H2,1H3;5-11H,2-4H2,1H3;3-11H,2H2,1H3;4-10H,2-3H2,1H3;4-8H,2-3H2,1H3/t11-,12+,14-;6-,7-,8-,9-;5-,6-,7-,8-;3-,4+,5+,6-,7+;4-,5-,6-,7-;4-,5-/m000100/s1. The fourth-order valence-electron chi connectivity index (χ4n) is 8.28. The van der Waals surface area contributed by atoms with E-state index in [4.69, 9.17) is 54.3 Å². The van der Waals surface area contributed by atoms with Crippen LogP contribution < -0.4 is 5.32 Å². The van der Waals surface area contributed by atoms with Gasteiger partial charge in [-0.1, -0.05) is 47.0 Å². The number of carbonyl (C=O) groups is 1. The van der Waals surface area contributed by atoms with Crippen LogP contribution in [0.1, 0.15) is 118 Å². The van der Waals surface area contributed by atoms with Gasteiger partial charge >= 0.3 is 0 Å². The molecule has 0 aromatic carbocycles. The second-order valence-corrected chi connectivity index (χ2v) is 19.8. The van der Waals surface area contributed by atoms with E-state index in [1.807, 2.05) is 27.7 Å². The van der Waals surface area contributed by atoms with Crippen LogP contribution in [-0.4, -0.2) is 288 Å². The summed E-state index contributed by atoms with van der Waals surface area (Å²) in [6.45, 7) is 7.09. The van der Waals surface area contributed by atoms with E-state index in [-0.39, 0.29) is 36.9 Å². The Balaban J connectivity index is 0. The molecule has 0 aromatic heterocycles. The number of nitrogens with one attached hydrogen (secondary N) is 1. The van der Waals surface area contributed by atoms with Crippen LogP contribution in [0.15, 0.2) is 0 Å². The fraction of sp³-hybridized carbons (Fsp3) is 0.980. The molecule has 4 aliphatic rings. The molecular formula is C50H103NO25. The van der Waals surface area contributed by atoms with Crippen LogP contribution in [0.25, 0.3) is 0 Å². The Labute approximate surface area is 448 Å². The van der Waals surface area contributed by atoms with Crippen molar-refractivity contribution in [3.05, 3.63) is 0 Å². The monoisotopic (exact) mass is 1120 g/mol.